The summed E-state index contributed by atoms with van der Waals surface area (Å²) >= 11 is 0. The van der Waals surface area contributed by atoms with E-state index in [-0.39, 0.29) is 28.4 Å². The van der Waals surface area contributed by atoms with Gasteiger partial charge in [-0.2, -0.15) is 0 Å². The molecular formula is C25H39F2N6O2+. The van der Waals surface area contributed by atoms with Gasteiger partial charge in [-0.05, 0) is 70.3 Å². The smallest absolute Gasteiger partial charge is 0.285 e. The maximum absolute atomic E-state index is 15.1. The van der Waals surface area contributed by atoms with E-state index in [1.165, 1.54) is 32.0 Å². The van der Waals surface area contributed by atoms with Crippen LogP contribution in [0.1, 0.15) is 50.4 Å². The monoisotopic (exact) mass is 493 g/mol. The number of benzene rings is 1. The average Bonchev–Trinajstić information content (AvgIpc) is 3.44. The minimum Gasteiger partial charge on any atom is -0.355 e. The SMILES string of the molecule is CNCC1(C(=O)NCC2CNC(c3ccc(C(C)(C)F)cc3F)[N+](=O)C2N2CCC(CN)C2)CC1. The van der Waals surface area contributed by atoms with Crippen LogP contribution in [0.3, 0.4) is 0 Å². The Morgan fingerprint density at radius 3 is 2.69 bits per heavy atom. The van der Waals surface area contributed by atoms with E-state index in [1.807, 2.05) is 7.05 Å². The maximum Gasteiger partial charge on any atom is 0.285 e. The van der Waals surface area contributed by atoms with Crippen LogP contribution in [0.2, 0.25) is 0 Å². The lowest BCUT2D eigenvalue weighted by Crippen LogP contribution is -2.60. The van der Waals surface area contributed by atoms with Gasteiger partial charge in [0.2, 0.25) is 5.91 Å². The number of nitrogens with one attached hydrogen (secondary N) is 3. The number of nitrogens with two attached hydrogens (primary N) is 1. The van der Waals surface area contributed by atoms with Gasteiger partial charge < -0.3 is 16.4 Å². The van der Waals surface area contributed by atoms with Crippen LogP contribution in [0.25, 0.3) is 0 Å². The second-order valence-electron chi connectivity index (χ2n) is 11.0. The van der Waals surface area contributed by atoms with E-state index in [4.69, 9.17) is 5.73 Å². The Kier molecular flexibility index (Phi) is 7.57. The van der Waals surface area contributed by atoms with Crippen molar-refractivity contribution in [2.45, 2.75) is 51.1 Å². The zero-order chi connectivity index (χ0) is 25.4. The van der Waals surface area contributed by atoms with Crippen LogP contribution >= 0.6 is 0 Å². The molecule has 0 spiro atoms. The van der Waals surface area contributed by atoms with E-state index in [2.05, 4.69) is 20.9 Å². The van der Waals surface area contributed by atoms with Gasteiger partial charge in [-0.15, -0.1) is 0 Å². The second kappa shape index (κ2) is 10.2. The number of carbonyl (C=O) groups is 1. The number of alkyl halides is 1. The standard InChI is InChI=1S/C25H38F2N6O2/c1-24(2,27)18-4-5-19(20(26)10-18)21-30-12-17(13-31-23(34)25(7-8-25)15-29-3)22(33(21)35)32-9-6-16(11-28)14-32/h4-5,10,16-17,21-22,29-30H,6-9,11-15,28H2,1-3H3/p+1. The fraction of sp³-hybridized carbons (Fsp3) is 0.720. The number of nitroso groups, excluding NO2 is 1. The zero-order valence-electron chi connectivity index (χ0n) is 20.9. The first-order valence-electron chi connectivity index (χ1n) is 12.6. The minimum atomic E-state index is -1.68. The highest BCUT2D eigenvalue weighted by Crippen LogP contribution is 2.45. The first-order valence-corrected chi connectivity index (χ1v) is 12.6. The molecule has 1 amide bonds. The van der Waals surface area contributed by atoms with Crippen LogP contribution in [-0.2, 0) is 10.5 Å². The highest BCUT2D eigenvalue weighted by atomic mass is 19.1. The Morgan fingerprint density at radius 1 is 1.37 bits per heavy atom. The van der Waals surface area contributed by atoms with E-state index < -0.39 is 23.8 Å². The predicted octanol–water partition coefficient (Wildman–Crippen LogP) is 1.75. The van der Waals surface area contributed by atoms with Crippen LogP contribution in [0.15, 0.2) is 18.2 Å². The fourth-order valence-electron chi connectivity index (χ4n) is 5.50. The molecule has 1 saturated carbocycles. The fourth-order valence-corrected chi connectivity index (χ4v) is 5.50. The average molecular weight is 494 g/mol. The van der Waals surface area contributed by atoms with E-state index in [0.717, 1.165) is 30.6 Å². The minimum absolute atomic E-state index is 0.0156. The summed E-state index contributed by atoms with van der Waals surface area (Å²) < 4.78 is 30.3. The molecule has 35 heavy (non-hydrogen) atoms. The molecule has 2 aliphatic heterocycles. The molecule has 3 aliphatic rings. The van der Waals surface area contributed by atoms with Crippen LogP contribution < -0.4 is 21.7 Å². The highest BCUT2D eigenvalue weighted by Gasteiger charge is 2.52. The van der Waals surface area contributed by atoms with Crippen LogP contribution in [-0.4, -0.2) is 68.0 Å². The molecule has 4 atom stereocenters. The molecule has 0 bridgehead atoms. The van der Waals surface area contributed by atoms with Gasteiger partial charge in [0.05, 0.1) is 16.9 Å². The summed E-state index contributed by atoms with van der Waals surface area (Å²) in [5, 5.41) is 9.35. The van der Waals surface area contributed by atoms with E-state index in [1.54, 1.807) is 0 Å². The molecule has 2 saturated heterocycles. The van der Waals surface area contributed by atoms with Crippen LogP contribution in [0.5, 0.6) is 0 Å². The van der Waals surface area contributed by atoms with Crippen molar-refractivity contribution in [2.24, 2.45) is 23.0 Å². The molecule has 1 aliphatic carbocycles. The molecule has 3 fully saturated rings. The third-order valence-corrected chi connectivity index (χ3v) is 7.89. The summed E-state index contributed by atoms with van der Waals surface area (Å²) in [5.74, 6) is -0.468. The van der Waals surface area contributed by atoms with Crippen molar-refractivity contribution in [3.8, 4) is 0 Å². The Labute approximate surface area is 205 Å². The van der Waals surface area contributed by atoms with Crippen molar-refractivity contribution < 1.29 is 18.3 Å². The lowest BCUT2D eigenvalue weighted by atomic mass is 9.95. The first-order chi connectivity index (χ1) is 16.6. The van der Waals surface area contributed by atoms with Crippen LogP contribution in [0, 0.1) is 28.0 Å². The summed E-state index contributed by atoms with van der Waals surface area (Å²) in [4.78, 5) is 28.7. The molecule has 8 nitrogen and oxygen atoms in total. The van der Waals surface area contributed by atoms with Gasteiger partial charge in [0.25, 0.3) is 12.3 Å². The van der Waals surface area contributed by atoms with Gasteiger partial charge in [0, 0.05) is 42.4 Å². The molecule has 2 heterocycles. The van der Waals surface area contributed by atoms with Gasteiger partial charge in [-0.3, -0.25) is 10.1 Å². The summed E-state index contributed by atoms with van der Waals surface area (Å²) in [6.07, 6.45) is 1.18. The number of carbonyl (C=O) groups excluding carboxylic acids is 1. The van der Waals surface area contributed by atoms with Gasteiger partial charge >= 0.3 is 0 Å². The number of amides is 1. The lowest BCUT2D eigenvalue weighted by molar-refractivity contribution is -0.670. The van der Waals surface area contributed by atoms with Crippen molar-refractivity contribution in [2.75, 3.05) is 46.3 Å². The summed E-state index contributed by atoms with van der Waals surface area (Å²) in [5.41, 5.74) is 4.29. The van der Waals surface area contributed by atoms with Gasteiger partial charge in [0.1, 0.15) is 11.5 Å². The van der Waals surface area contributed by atoms with Gasteiger partial charge in [-0.1, -0.05) is 6.07 Å². The number of nitrogens with zero attached hydrogens (tertiary/aromatic N) is 2. The molecule has 1 aromatic rings. The molecule has 194 valence electrons. The van der Waals surface area contributed by atoms with Crippen LogP contribution in [0.4, 0.5) is 8.78 Å². The molecule has 4 rings (SSSR count). The van der Waals surface area contributed by atoms with Crippen molar-refractivity contribution >= 4 is 5.91 Å². The molecule has 0 aromatic heterocycles. The van der Waals surface area contributed by atoms with E-state index in [0.29, 0.717) is 38.6 Å². The van der Waals surface area contributed by atoms with Crippen molar-refractivity contribution in [3.05, 3.63) is 40.1 Å². The Hall–Kier alpha value is -2.01. The lowest BCUT2D eigenvalue weighted by Gasteiger charge is -2.35. The van der Waals surface area contributed by atoms with Crippen molar-refractivity contribution in [1.29, 1.82) is 0 Å². The quantitative estimate of drug-likeness (QED) is 0.391. The highest BCUT2D eigenvalue weighted by molar-refractivity contribution is 5.85. The Morgan fingerprint density at radius 2 is 2.11 bits per heavy atom. The second-order valence-corrected chi connectivity index (χ2v) is 11.0. The third kappa shape index (κ3) is 5.40. The zero-order valence-corrected chi connectivity index (χ0v) is 20.9. The number of halogens is 2. The predicted molar refractivity (Wildman–Crippen MR) is 130 cm³/mol. The summed E-state index contributed by atoms with van der Waals surface area (Å²) in [6.45, 7) is 6.14. The molecule has 4 unspecified atom stereocenters. The number of hydrogen-bond donors (Lipinski definition) is 4. The Balaban J connectivity index is 1.53. The molecule has 5 N–H and O–H groups in total. The number of hydrogen-bond acceptors (Lipinski definition) is 6. The molecule has 0 radical (unpaired) electrons. The molecular weight excluding hydrogens is 454 g/mol. The molecule has 10 heteroatoms. The van der Waals surface area contributed by atoms with Crippen molar-refractivity contribution in [3.63, 3.8) is 0 Å². The Bertz CT molecular complexity index is 948. The molecule has 1 aromatic carbocycles. The van der Waals surface area contributed by atoms with Gasteiger partial charge in [0.15, 0.2) is 0 Å². The summed E-state index contributed by atoms with van der Waals surface area (Å²) in [6, 6.07) is 4.20. The summed E-state index contributed by atoms with van der Waals surface area (Å²) in [7, 11) is 1.84. The number of likely N-dealkylation sites (tertiary alicyclic amines) is 1. The normalized spacial score (nSPS) is 28.8. The largest absolute Gasteiger partial charge is 0.355 e. The first kappa shape index (κ1) is 26.1. The maximum atomic E-state index is 15.1. The van der Waals surface area contributed by atoms with Crippen molar-refractivity contribution in [1.82, 2.24) is 20.9 Å². The van der Waals surface area contributed by atoms with E-state index in [9.17, 15) is 14.1 Å². The number of rotatable bonds is 9. The van der Waals surface area contributed by atoms with Gasteiger partial charge in [-0.25, -0.2) is 13.7 Å². The third-order valence-electron chi connectivity index (χ3n) is 7.89. The van der Waals surface area contributed by atoms with E-state index >= 15 is 4.39 Å². The topological polar surface area (TPSA) is 102 Å².